The Kier molecular flexibility index (Phi) is 6.53. The molecule has 2 aromatic carbocycles. The minimum Gasteiger partial charge on any atom is -0.484 e. The maximum atomic E-state index is 13.1. The lowest BCUT2D eigenvalue weighted by molar-refractivity contribution is -0.120. The molecular weight excluding hydrogens is 432 g/mol. The van der Waals surface area contributed by atoms with Gasteiger partial charge >= 0.3 is 0 Å². The third-order valence-electron chi connectivity index (χ3n) is 4.88. The molecule has 0 fully saturated rings. The highest BCUT2D eigenvalue weighted by atomic mass is 35.5. The van der Waals surface area contributed by atoms with Crippen LogP contribution in [0.2, 0.25) is 5.02 Å². The average molecular weight is 455 g/mol. The zero-order chi connectivity index (χ0) is 21.8. The van der Waals surface area contributed by atoms with E-state index in [0.717, 1.165) is 28.7 Å². The van der Waals surface area contributed by atoms with Gasteiger partial charge in [0, 0.05) is 30.5 Å². The van der Waals surface area contributed by atoms with Crippen molar-refractivity contribution in [1.82, 2.24) is 14.5 Å². The van der Waals surface area contributed by atoms with E-state index in [1.165, 1.54) is 16.9 Å². The van der Waals surface area contributed by atoms with Crippen LogP contribution < -0.4 is 9.64 Å². The number of amides is 1. The summed E-state index contributed by atoms with van der Waals surface area (Å²) in [6.45, 7) is 5.36. The normalized spacial score (nSPS) is 11.1. The lowest BCUT2D eigenvalue weighted by Gasteiger charge is -2.20. The predicted octanol–water partition coefficient (Wildman–Crippen LogP) is 5.27. The summed E-state index contributed by atoms with van der Waals surface area (Å²) in [6.07, 6.45) is 6.22. The van der Waals surface area contributed by atoms with Crippen molar-refractivity contribution in [2.75, 3.05) is 18.1 Å². The van der Waals surface area contributed by atoms with Gasteiger partial charge in [-0.05, 0) is 61.7 Å². The van der Waals surface area contributed by atoms with Crippen molar-refractivity contribution in [3.05, 3.63) is 71.3 Å². The van der Waals surface area contributed by atoms with Gasteiger partial charge in [-0.25, -0.2) is 9.97 Å². The van der Waals surface area contributed by atoms with E-state index in [1.54, 1.807) is 41.7 Å². The molecule has 2 aromatic heterocycles. The molecule has 0 saturated heterocycles. The van der Waals surface area contributed by atoms with Gasteiger partial charge in [-0.2, -0.15) is 0 Å². The number of aryl methyl sites for hydroxylation is 3. The van der Waals surface area contributed by atoms with Crippen LogP contribution in [0, 0.1) is 13.8 Å². The first-order valence-electron chi connectivity index (χ1n) is 10.0. The number of imidazole rings is 1. The highest BCUT2D eigenvalue weighted by molar-refractivity contribution is 7.22. The number of carbonyl (C=O) groups excluding carboxylic acids is 1. The molecule has 0 unspecified atom stereocenters. The van der Waals surface area contributed by atoms with Gasteiger partial charge < -0.3 is 9.30 Å². The Morgan fingerprint density at radius 1 is 1.23 bits per heavy atom. The molecule has 0 N–H and O–H groups in total. The number of hydrogen-bond donors (Lipinski definition) is 0. The Balaban J connectivity index is 1.53. The van der Waals surface area contributed by atoms with Crippen LogP contribution in [0.5, 0.6) is 5.75 Å². The number of ether oxygens (including phenoxy) is 1. The van der Waals surface area contributed by atoms with E-state index in [2.05, 4.69) is 24.0 Å². The van der Waals surface area contributed by atoms with E-state index >= 15 is 0 Å². The van der Waals surface area contributed by atoms with Gasteiger partial charge in [0.2, 0.25) is 0 Å². The van der Waals surface area contributed by atoms with Gasteiger partial charge in [-0.15, -0.1) is 0 Å². The van der Waals surface area contributed by atoms with Crippen LogP contribution in [0.25, 0.3) is 10.2 Å². The minimum absolute atomic E-state index is 0.0688. The van der Waals surface area contributed by atoms with E-state index < -0.39 is 0 Å². The molecule has 0 aliphatic rings. The summed E-state index contributed by atoms with van der Waals surface area (Å²) in [7, 11) is 0. The maximum Gasteiger partial charge on any atom is 0.266 e. The summed E-state index contributed by atoms with van der Waals surface area (Å²) in [5, 5.41) is 1.32. The molecule has 0 aliphatic heterocycles. The third-order valence-corrected chi connectivity index (χ3v) is 6.16. The lowest BCUT2D eigenvalue weighted by Crippen LogP contribution is -2.36. The van der Waals surface area contributed by atoms with Crippen LogP contribution in [0.1, 0.15) is 17.5 Å². The van der Waals surface area contributed by atoms with Crippen LogP contribution in [-0.2, 0) is 11.3 Å². The molecule has 4 rings (SSSR count). The van der Waals surface area contributed by atoms with Gasteiger partial charge in [0.25, 0.3) is 5.91 Å². The molecule has 0 saturated carbocycles. The van der Waals surface area contributed by atoms with Crippen LogP contribution in [0.15, 0.2) is 55.1 Å². The number of fused-ring (bicyclic) bond motifs is 1. The van der Waals surface area contributed by atoms with Crippen molar-refractivity contribution in [3.63, 3.8) is 0 Å². The van der Waals surface area contributed by atoms with E-state index in [0.29, 0.717) is 22.4 Å². The number of carbonyl (C=O) groups is 1. The summed E-state index contributed by atoms with van der Waals surface area (Å²) in [5.41, 5.74) is 3.24. The Morgan fingerprint density at radius 3 is 2.77 bits per heavy atom. The Hall–Kier alpha value is -2.90. The number of rotatable bonds is 8. The molecule has 31 heavy (non-hydrogen) atoms. The molecule has 0 aliphatic carbocycles. The summed E-state index contributed by atoms with van der Waals surface area (Å²) >= 11 is 7.46. The summed E-state index contributed by atoms with van der Waals surface area (Å²) in [4.78, 5) is 23.7. The fourth-order valence-electron chi connectivity index (χ4n) is 3.39. The first-order chi connectivity index (χ1) is 15.0. The smallest absolute Gasteiger partial charge is 0.266 e. The third kappa shape index (κ3) is 5.24. The number of thiazole rings is 1. The maximum absolute atomic E-state index is 13.1. The predicted molar refractivity (Wildman–Crippen MR) is 125 cm³/mol. The van der Waals surface area contributed by atoms with Crippen molar-refractivity contribution in [2.45, 2.75) is 26.8 Å². The molecule has 0 atom stereocenters. The van der Waals surface area contributed by atoms with Crippen LogP contribution >= 0.6 is 22.9 Å². The Labute approximate surface area is 190 Å². The van der Waals surface area contributed by atoms with Gasteiger partial charge in [0.15, 0.2) is 11.7 Å². The first kappa shape index (κ1) is 21.3. The molecule has 0 bridgehead atoms. The molecule has 4 aromatic rings. The molecular formula is C23H23ClN4O2S. The fraction of sp³-hybridized carbons (Fsp3) is 0.261. The number of halogens is 1. The van der Waals surface area contributed by atoms with Gasteiger partial charge in [0.1, 0.15) is 5.75 Å². The summed E-state index contributed by atoms with van der Waals surface area (Å²) < 4.78 is 8.79. The van der Waals surface area contributed by atoms with Gasteiger partial charge in [-0.1, -0.05) is 29.0 Å². The Bertz CT molecular complexity index is 1170. The highest BCUT2D eigenvalue weighted by Gasteiger charge is 2.21. The fourth-order valence-corrected chi connectivity index (χ4v) is 4.70. The SMILES string of the molecule is Cc1cc(C)c2nc(N(CCCn3ccnc3)C(=O)COc3ccc(Cl)cc3)sc2c1. The summed E-state index contributed by atoms with van der Waals surface area (Å²) in [5.74, 6) is 0.473. The number of aromatic nitrogens is 3. The van der Waals surface area contributed by atoms with Crippen molar-refractivity contribution in [1.29, 1.82) is 0 Å². The number of benzene rings is 2. The highest BCUT2D eigenvalue weighted by Crippen LogP contribution is 2.32. The number of anilines is 1. The van der Waals surface area contributed by atoms with Crippen LogP contribution in [0.3, 0.4) is 0 Å². The molecule has 2 heterocycles. The Morgan fingerprint density at radius 2 is 2.03 bits per heavy atom. The topological polar surface area (TPSA) is 60.2 Å². The molecule has 6 nitrogen and oxygen atoms in total. The zero-order valence-electron chi connectivity index (χ0n) is 17.4. The van der Waals surface area contributed by atoms with Crippen molar-refractivity contribution in [3.8, 4) is 5.75 Å². The number of nitrogens with zero attached hydrogens (tertiary/aromatic N) is 4. The van der Waals surface area contributed by atoms with E-state index in [-0.39, 0.29) is 12.5 Å². The van der Waals surface area contributed by atoms with Crippen LogP contribution in [0.4, 0.5) is 5.13 Å². The van der Waals surface area contributed by atoms with Crippen LogP contribution in [-0.4, -0.2) is 33.6 Å². The van der Waals surface area contributed by atoms with E-state index in [4.69, 9.17) is 21.3 Å². The molecule has 0 spiro atoms. The second-order valence-electron chi connectivity index (χ2n) is 7.37. The van der Waals surface area contributed by atoms with Crippen molar-refractivity contribution in [2.24, 2.45) is 0 Å². The van der Waals surface area contributed by atoms with Gasteiger partial charge in [0.05, 0.1) is 16.5 Å². The van der Waals surface area contributed by atoms with Gasteiger partial charge in [-0.3, -0.25) is 9.69 Å². The molecule has 160 valence electrons. The van der Waals surface area contributed by atoms with E-state index in [1.807, 2.05) is 17.7 Å². The molecule has 0 radical (unpaired) electrons. The lowest BCUT2D eigenvalue weighted by atomic mass is 10.1. The largest absolute Gasteiger partial charge is 0.484 e. The van der Waals surface area contributed by atoms with Crippen molar-refractivity contribution >= 4 is 44.2 Å². The minimum atomic E-state index is -0.131. The number of hydrogen-bond acceptors (Lipinski definition) is 5. The molecule has 8 heteroatoms. The summed E-state index contributed by atoms with van der Waals surface area (Å²) in [6, 6.07) is 11.2. The van der Waals surface area contributed by atoms with E-state index in [9.17, 15) is 4.79 Å². The molecule has 1 amide bonds. The standard InChI is InChI=1S/C23H23ClN4O2S/c1-16-12-17(2)22-20(13-16)31-23(26-22)28(10-3-9-27-11-8-25-15-27)21(29)14-30-19-6-4-18(24)5-7-19/h4-8,11-13,15H,3,9-10,14H2,1-2H3. The first-order valence-corrected chi connectivity index (χ1v) is 11.2. The quantitative estimate of drug-likeness (QED) is 0.364. The monoisotopic (exact) mass is 454 g/mol. The second-order valence-corrected chi connectivity index (χ2v) is 8.81. The zero-order valence-corrected chi connectivity index (χ0v) is 19.0. The average Bonchev–Trinajstić information content (AvgIpc) is 3.40. The second kappa shape index (κ2) is 9.49. The van der Waals surface area contributed by atoms with Crippen molar-refractivity contribution < 1.29 is 9.53 Å².